The van der Waals surface area contributed by atoms with Crippen LogP contribution in [0.5, 0.6) is 0 Å². The minimum absolute atomic E-state index is 0.0237. The topological polar surface area (TPSA) is 121 Å². The van der Waals surface area contributed by atoms with Gasteiger partial charge < -0.3 is 10.0 Å². The Hall–Kier alpha value is -2.48. The van der Waals surface area contributed by atoms with Crippen LogP contribution in [0, 0.1) is 0 Å². The summed E-state index contributed by atoms with van der Waals surface area (Å²) in [5.74, 6) is -1.05. The Morgan fingerprint density at radius 3 is 2.19 bits per heavy atom. The van der Waals surface area contributed by atoms with Gasteiger partial charge in [0, 0.05) is 19.6 Å². The molecule has 176 valence electrons. The molecule has 2 aromatic rings. The van der Waals surface area contributed by atoms with Crippen LogP contribution in [0.1, 0.15) is 12.0 Å². The van der Waals surface area contributed by atoms with Crippen molar-refractivity contribution < 1.29 is 39.9 Å². The summed E-state index contributed by atoms with van der Waals surface area (Å²) in [6.45, 7) is -0.184. The maximum atomic E-state index is 13.5. The van der Waals surface area contributed by atoms with Crippen LogP contribution in [0.2, 0.25) is 0 Å². The highest BCUT2D eigenvalue weighted by Gasteiger charge is 2.38. The molecule has 0 spiro atoms. The Kier molecular flexibility index (Phi) is 8.04. The smallest absolute Gasteiger partial charge is 0.417 e. The fraction of sp³-hybridized carbons (Fsp3) is 0.316. The van der Waals surface area contributed by atoms with Crippen LogP contribution in [0.3, 0.4) is 0 Å². The zero-order valence-electron chi connectivity index (χ0n) is 16.8. The predicted molar refractivity (Wildman–Crippen MR) is 108 cm³/mol. The molecule has 2 rings (SSSR count). The van der Waals surface area contributed by atoms with Crippen molar-refractivity contribution in [2.24, 2.45) is 0 Å². The lowest BCUT2D eigenvalue weighted by Crippen LogP contribution is -2.34. The third-order valence-electron chi connectivity index (χ3n) is 4.40. The quantitative estimate of drug-likeness (QED) is 0.520. The van der Waals surface area contributed by atoms with Crippen LogP contribution >= 0.6 is 0 Å². The van der Waals surface area contributed by atoms with Crippen LogP contribution in [-0.4, -0.2) is 59.5 Å². The van der Waals surface area contributed by atoms with Crippen molar-refractivity contribution >= 4 is 25.8 Å². The third-order valence-corrected chi connectivity index (χ3v) is 7.67. The summed E-state index contributed by atoms with van der Waals surface area (Å²) in [6.07, 6.45) is -5.24. The number of carbonyl (C=O) groups is 1. The number of sulfonamides is 1. The molecule has 0 unspecified atom stereocenters. The molecule has 0 saturated carbocycles. The molecule has 0 fully saturated rings. The Bertz CT molecular complexity index is 1170. The van der Waals surface area contributed by atoms with Crippen molar-refractivity contribution in [2.75, 3.05) is 26.7 Å². The number of halogens is 3. The van der Waals surface area contributed by atoms with Gasteiger partial charge in [0.15, 0.2) is 0 Å². The Balaban J connectivity index is 2.37. The highest BCUT2D eigenvalue weighted by atomic mass is 32.2. The summed E-state index contributed by atoms with van der Waals surface area (Å²) in [5.41, 5.74) is -1.50. The molecular weight excluding hydrogens is 473 g/mol. The van der Waals surface area contributed by atoms with Crippen molar-refractivity contribution in [1.29, 1.82) is 0 Å². The number of aliphatic carboxylic acids is 1. The summed E-state index contributed by atoms with van der Waals surface area (Å²) in [6, 6.07) is 8.51. The largest absolute Gasteiger partial charge is 0.481 e. The number of hydrogen-bond acceptors (Lipinski definition) is 6. The maximum Gasteiger partial charge on any atom is 0.417 e. The van der Waals surface area contributed by atoms with E-state index in [2.05, 4.69) is 0 Å². The van der Waals surface area contributed by atoms with E-state index in [0.717, 1.165) is 0 Å². The second-order valence-corrected chi connectivity index (χ2v) is 10.5. The molecule has 2 aromatic carbocycles. The van der Waals surface area contributed by atoms with Crippen LogP contribution in [0.15, 0.2) is 63.2 Å². The van der Waals surface area contributed by atoms with E-state index in [-0.39, 0.29) is 31.0 Å². The maximum absolute atomic E-state index is 13.5. The van der Waals surface area contributed by atoms with E-state index < -0.39 is 47.4 Å². The lowest BCUT2D eigenvalue weighted by molar-refractivity contribution is -0.140. The van der Waals surface area contributed by atoms with E-state index in [9.17, 15) is 34.8 Å². The van der Waals surface area contributed by atoms with Crippen molar-refractivity contribution in [3.05, 3.63) is 54.1 Å². The Morgan fingerprint density at radius 2 is 1.62 bits per heavy atom. The number of rotatable bonds is 10. The number of nitrogens with zero attached hydrogens (tertiary/aromatic N) is 1. The zero-order chi connectivity index (χ0) is 24.2. The van der Waals surface area contributed by atoms with Gasteiger partial charge >= 0.3 is 12.1 Å². The van der Waals surface area contributed by atoms with Crippen LogP contribution < -0.4 is 4.72 Å². The van der Waals surface area contributed by atoms with Gasteiger partial charge in [-0.15, -0.1) is 0 Å². The zero-order valence-corrected chi connectivity index (χ0v) is 18.5. The summed E-state index contributed by atoms with van der Waals surface area (Å²) in [4.78, 5) is 10.0. The highest BCUT2D eigenvalue weighted by molar-refractivity contribution is 7.91. The van der Waals surface area contributed by atoms with Crippen molar-refractivity contribution in [3.63, 3.8) is 0 Å². The highest BCUT2D eigenvalue weighted by Crippen LogP contribution is 2.36. The molecule has 0 aromatic heterocycles. The van der Waals surface area contributed by atoms with Gasteiger partial charge in [0.25, 0.3) is 0 Å². The number of likely N-dealkylation sites (N-methyl/N-ethyl adjacent to an activating group) is 1. The van der Waals surface area contributed by atoms with Gasteiger partial charge in [-0.25, -0.2) is 21.6 Å². The first-order chi connectivity index (χ1) is 14.7. The molecule has 0 saturated heterocycles. The van der Waals surface area contributed by atoms with E-state index in [4.69, 9.17) is 5.11 Å². The van der Waals surface area contributed by atoms with Crippen molar-refractivity contribution in [3.8, 4) is 0 Å². The van der Waals surface area contributed by atoms with E-state index in [1.54, 1.807) is 6.07 Å². The molecule has 13 heteroatoms. The van der Waals surface area contributed by atoms with Crippen molar-refractivity contribution in [2.45, 2.75) is 27.3 Å². The molecular formula is C19H21F3N2O6S2. The van der Waals surface area contributed by atoms with Gasteiger partial charge in [-0.3, -0.25) is 4.79 Å². The number of hydrogen-bond donors (Lipinski definition) is 2. The lowest BCUT2D eigenvalue weighted by Gasteiger charge is -2.18. The van der Waals surface area contributed by atoms with Gasteiger partial charge in [0.1, 0.15) is 0 Å². The van der Waals surface area contributed by atoms with Gasteiger partial charge in [-0.1, -0.05) is 18.2 Å². The number of sulfone groups is 1. The lowest BCUT2D eigenvalue weighted by atomic mass is 10.2. The molecule has 0 amide bonds. The monoisotopic (exact) mass is 494 g/mol. The van der Waals surface area contributed by atoms with Gasteiger partial charge in [-0.05, 0) is 37.4 Å². The van der Waals surface area contributed by atoms with E-state index in [0.29, 0.717) is 18.2 Å². The van der Waals surface area contributed by atoms with E-state index in [1.165, 1.54) is 36.2 Å². The van der Waals surface area contributed by atoms with Gasteiger partial charge in [0.05, 0.1) is 26.7 Å². The van der Waals surface area contributed by atoms with Crippen LogP contribution in [0.4, 0.5) is 13.2 Å². The van der Waals surface area contributed by atoms with Gasteiger partial charge in [-0.2, -0.15) is 13.2 Å². The average molecular weight is 495 g/mol. The minimum Gasteiger partial charge on any atom is -0.481 e. The molecule has 32 heavy (non-hydrogen) atoms. The third kappa shape index (κ3) is 6.51. The molecule has 0 aliphatic heterocycles. The molecule has 2 N–H and O–H groups in total. The summed E-state index contributed by atoms with van der Waals surface area (Å²) < 4.78 is 93.2. The van der Waals surface area contributed by atoms with E-state index in [1.807, 2.05) is 4.72 Å². The number of benzene rings is 2. The second kappa shape index (κ2) is 9.98. The first kappa shape index (κ1) is 25.8. The van der Waals surface area contributed by atoms with Crippen LogP contribution in [-0.2, 0) is 30.8 Å². The molecule has 0 bridgehead atoms. The number of alkyl halides is 3. The molecule has 0 heterocycles. The van der Waals surface area contributed by atoms with Crippen molar-refractivity contribution in [1.82, 2.24) is 9.62 Å². The second-order valence-electron chi connectivity index (χ2n) is 6.82. The Labute approximate surface area is 183 Å². The van der Waals surface area contributed by atoms with Gasteiger partial charge in [0.2, 0.25) is 19.9 Å². The average Bonchev–Trinajstić information content (AvgIpc) is 2.71. The summed E-state index contributed by atoms with van der Waals surface area (Å²) >= 11 is 0. The fourth-order valence-electron chi connectivity index (χ4n) is 2.71. The standard InChI is InChI=1S/C19H21F3N2O6S2/c1-24(11-9-18(25)26)12-10-23-32(29,30)17-13-15(7-8-16(17)19(20,21)22)31(27,28)14-5-3-2-4-6-14/h2-8,13,23H,9-12H2,1H3,(H,25,26). The minimum atomic E-state index is -5.04. The number of carboxylic acids is 1. The molecule has 0 aliphatic rings. The molecule has 0 radical (unpaired) electrons. The summed E-state index contributed by atoms with van der Waals surface area (Å²) in [5, 5.41) is 8.65. The predicted octanol–water partition coefficient (Wildman–Crippen LogP) is 2.22. The molecule has 0 aliphatic carbocycles. The molecule has 0 atom stereocenters. The number of nitrogens with one attached hydrogen (secondary N) is 1. The first-order valence-electron chi connectivity index (χ1n) is 9.16. The fourth-order valence-corrected chi connectivity index (χ4v) is 5.36. The molecule has 8 nitrogen and oxygen atoms in total. The van der Waals surface area contributed by atoms with Crippen LogP contribution in [0.25, 0.3) is 0 Å². The summed E-state index contributed by atoms with van der Waals surface area (Å²) in [7, 11) is -7.48. The van der Waals surface area contributed by atoms with E-state index >= 15 is 0 Å². The Morgan fingerprint density at radius 1 is 1.00 bits per heavy atom. The number of carboxylic acid groups (broad SMARTS) is 1. The normalized spacial score (nSPS) is 12.8. The SMILES string of the molecule is CN(CCNS(=O)(=O)c1cc(S(=O)(=O)c2ccccc2)ccc1C(F)(F)F)CCC(=O)O. The first-order valence-corrected chi connectivity index (χ1v) is 12.1.